The second kappa shape index (κ2) is 11.1. The Hall–Kier alpha value is -1.73. The molecule has 2 atom stereocenters. The number of thioether (sulfide) groups is 1. The van der Waals surface area contributed by atoms with Crippen molar-refractivity contribution in [2.75, 3.05) is 18.1 Å². The van der Waals surface area contributed by atoms with Crippen molar-refractivity contribution in [3.63, 3.8) is 0 Å². The molecule has 1 aliphatic rings. The van der Waals surface area contributed by atoms with Crippen molar-refractivity contribution in [2.45, 2.75) is 50.7 Å². The van der Waals surface area contributed by atoms with Gasteiger partial charge in [0.25, 0.3) is 0 Å². The molecule has 0 spiro atoms. The minimum Gasteiger partial charge on any atom is -0.481 e. The second-order valence-corrected chi connectivity index (χ2v) is 7.54. The van der Waals surface area contributed by atoms with Gasteiger partial charge in [0, 0.05) is 19.4 Å². The lowest BCUT2D eigenvalue weighted by Crippen LogP contribution is -2.43. The Bertz CT molecular complexity index is 587. The van der Waals surface area contributed by atoms with Crippen LogP contribution in [0.3, 0.4) is 0 Å². The number of rotatable bonds is 11. The highest BCUT2D eigenvalue weighted by Crippen LogP contribution is 2.21. The van der Waals surface area contributed by atoms with E-state index in [0.717, 1.165) is 37.2 Å². The van der Waals surface area contributed by atoms with E-state index in [-0.39, 0.29) is 17.7 Å². The van der Waals surface area contributed by atoms with Crippen molar-refractivity contribution in [3.05, 3.63) is 36.3 Å². The van der Waals surface area contributed by atoms with E-state index in [2.05, 4.69) is 0 Å². The van der Waals surface area contributed by atoms with Crippen LogP contribution in [-0.4, -0.2) is 57.2 Å². The number of furan rings is 1. The molecule has 1 saturated heterocycles. The molecule has 2 N–H and O–H groups in total. The Morgan fingerprint density at radius 2 is 2.31 bits per heavy atom. The molecule has 1 amide bonds. The molecule has 0 saturated carbocycles. The van der Waals surface area contributed by atoms with Gasteiger partial charge >= 0.3 is 5.97 Å². The van der Waals surface area contributed by atoms with Crippen molar-refractivity contribution in [2.24, 2.45) is 0 Å². The van der Waals surface area contributed by atoms with Crippen molar-refractivity contribution >= 4 is 23.6 Å². The van der Waals surface area contributed by atoms with E-state index in [0.29, 0.717) is 19.4 Å². The number of likely N-dealkylation sites (tertiary alicyclic amines) is 1. The van der Waals surface area contributed by atoms with Crippen molar-refractivity contribution in [1.82, 2.24) is 4.90 Å². The number of hydrogen-bond acceptors (Lipinski definition) is 5. The zero-order valence-electron chi connectivity index (χ0n) is 14.9. The zero-order valence-corrected chi connectivity index (χ0v) is 15.7. The first kappa shape index (κ1) is 20.6. The maximum absolute atomic E-state index is 12.2. The Morgan fingerprint density at radius 1 is 1.46 bits per heavy atom. The highest BCUT2D eigenvalue weighted by atomic mass is 32.2. The summed E-state index contributed by atoms with van der Waals surface area (Å²) in [4.78, 5) is 24.6. The number of carbonyl (C=O) groups excluding carboxylic acids is 1. The third-order valence-corrected chi connectivity index (χ3v) is 5.35. The van der Waals surface area contributed by atoms with E-state index in [1.165, 1.54) is 11.8 Å². The topological polar surface area (TPSA) is 91.0 Å². The average Bonchev–Trinajstić information content (AvgIpc) is 3.10. The molecule has 1 aromatic heterocycles. The fourth-order valence-corrected chi connectivity index (χ4v) is 3.77. The van der Waals surface area contributed by atoms with Gasteiger partial charge in [0.15, 0.2) is 0 Å². The number of carboxylic acids is 1. The minimum atomic E-state index is -0.792. The lowest BCUT2D eigenvalue weighted by molar-refractivity contribution is -0.135. The lowest BCUT2D eigenvalue weighted by Gasteiger charge is -2.34. The summed E-state index contributed by atoms with van der Waals surface area (Å²) in [6.07, 6.45) is 9.16. The van der Waals surface area contributed by atoms with Crippen LogP contribution in [-0.2, 0) is 16.0 Å². The summed E-state index contributed by atoms with van der Waals surface area (Å²) in [7, 11) is 0. The number of carbonyl (C=O) groups is 2. The standard InChI is InChI=1S/C19H27NO5S/c21-16(13-17-6-4-11-25-17)9-8-15-5-3-7-18(22)20(15)10-1-2-12-26-14-19(23)24/h4,6,8-9,11,15-16,21H,1-3,5,7,10,12-14H2,(H,23,24)/b9-8+/t15-,16?/m1/s1. The highest BCUT2D eigenvalue weighted by molar-refractivity contribution is 7.99. The minimum absolute atomic E-state index is 0.0224. The predicted molar refractivity (Wildman–Crippen MR) is 101 cm³/mol. The SMILES string of the molecule is O=C(O)CSCCCCN1C(=O)CCC[C@@H]1/C=C/C(O)Cc1ccco1. The molecule has 2 rings (SSSR count). The van der Waals surface area contributed by atoms with Crippen LogP contribution in [0, 0.1) is 0 Å². The third kappa shape index (κ3) is 7.25. The first-order valence-corrected chi connectivity index (χ1v) is 10.2. The van der Waals surface area contributed by atoms with E-state index < -0.39 is 12.1 Å². The molecule has 6 nitrogen and oxygen atoms in total. The van der Waals surface area contributed by atoms with Crippen LogP contribution in [0.2, 0.25) is 0 Å². The van der Waals surface area contributed by atoms with Gasteiger partial charge in [-0.2, -0.15) is 11.8 Å². The zero-order chi connectivity index (χ0) is 18.8. The first-order chi connectivity index (χ1) is 12.6. The normalized spacial score (nSPS) is 19.2. The van der Waals surface area contributed by atoms with Gasteiger partial charge in [-0.1, -0.05) is 12.2 Å². The van der Waals surface area contributed by atoms with Crippen molar-refractivity contribution in [1.29, 1.82) is 0 Å². The van der Waals surface area contributed by atoms with Crippen LogP contribution in [0.15, 0.2) is 35.0 Å². The molecule has 0 aromatic carbocycles. The van der Waals surface area contributed by atoms with E-state index in [4.69, 9.17) is 9.52 Å². The molecule has 1 aromatic rings. The fourth-order valence-electron chi connectivity index (χ4n) is 3.04. The molecular weight excluding hydrogens is 354 g/mol. The molecule has 0 radical (unpaired) electrons. The number of aliphatic hydroxyl groups is 1. The number of unbranched alkanes of at least 4 members (excludes halogenated alkanes) is 1. The maximum Gasteiger partial charge on any atom is 0.313 e. The molecule has 0 bridgehead atoms. The number of piperidine rings is 1. The quantitative estimate of drug-likeness (QED) is 0.452. The molecule has 1 fully saturated rings. The van der Waals surface area contributed by atoms with Gasteiger partial charge < -0.3 is 19.5 Å². The number of aliphatic hydroxyl groups excluding tert-OH is 1. The predicted octanol–water partition coefficient (Wildman–Crippen LogP) is 2.72. The fraction of sp³-hybridized carbons (Fsp3) is 0.579. The van der Waals surface area contributed by atoms with E-state index in [9.17, 15) is 14.7 Å². The smallest absolute Gasteiger partial charge is 0.313 e. The van der Waals surface area contributed by atoms with E-state index in [1.807, 2.05) is 17.0 Å². The first-order valence-electron chi connectivity index (χ1n) is 9.04. The van der Waals surface area contributed by atoms with Gasteiger partial charge in [0.2, 0.25) is 5.91 Å². The number of amides is 1. The lowest BCUT2D eigenvalue weighted by atomic mass is 9.99. The summed E-state index contributed by atoms with van der Waals surface area (Å²) in [5.41, 5.74) is 0. The van der Waals surface area contributed by atoms with Crippen LogP contribution in [0.4, 0.5) is 0 Å². The Labute approximate surface area is 158 Å². The summed E-state index contributed by atoms with van der Waals surface area (Å²) in [5.74, 6) is 1.01. The van der Waals surface area contributed by atoms with Gasteiger partial charge in [-0.3, -0.25) is 9.59 Å². The van der Waals surface area contributed by atoms with Crippen molar-refractivity contribution < 1.29 is 24.2 Å². The Kier molecular flexibility index (Phi) is 8.77. The number of hydrogen-bond donors (Lipinski definition) is 2. The van der Waals surface area contributed by atoms with Gasteiger partial charge in [0.05, 0.1) is 24.2 Å². The molecule has 7 heteroatoms. The van der Waals surface area contributed by atoms with Crippen LogP contribution < -0.4 is 0 Å². The summed E-state index contributed by atoms with van der Waals surface area (Å²) in [5, 5.41) is 18.7. The van der Waals surface area contributed by atoms with Gasteiger partial charge in [-0.05, 0) is 43.6 Å². The number of aliphatic carboxylic acids is 1. The Morgan fingerprint density at radius 3 is 3.04 bits per heavy atom. The van der Waals surface area contributed by atoms with Crippen LogP contribution in [0.25, 0.3) is 0 Å². The van der Waals surface area contributed by atoms with Crippen LogP contribution in [0.5, 0.6) is 0 Å². The molecular formula is C19H27NO5S. The van der Waals surface area contributed by atoms with Gasteiger partial charge in [-0.25, -0.2) is 0 Å². The number of carboxylic acid groups (broad SMARTS) is 1. The summed E-state index contributed by atoms with van der Waals surface area (Å²) in [6, 6.07) is 3.65. The molecule has 144 valence electrons. The monoisotopic (exact) mass is 381 g/mol. The third-order valence-electron chi connectivity index (χ3n) is 4.32. The summed E-state index contributed by atoms with van der Waals surface area (Å²) < 4.78 is 5.24. The summed E-state index contributed by atoms with van der Waals surface area (Å²) >= 11 is 1.41. The molecule has 0 aliphatic carbocycles. The maximum atomic E-state index is 12.2. The molecule has 26 heavy (non-hydrogen) atoms. The largest absolute Gasteiger partial charge is 0.481 e. The molecule has 1 aliphatic heterocycles. The molecule has 2 heterocycles. The van der Waals surface area contributed by atoms with Gasteiger partial charge in [-0.15, -0.1) is 0 Å². The molecule has 1 unspecified atom stereocenters. The van der Waals surface area contributed by atoms with Crippen LogP contribution >= 0.6 is 11.8 Å². The van der Waals surface area contributed by atoms with E-state index in [1.54, 1.807) is 18.4 Å². The highest BCUT2D eigenvalue weighted by Gasteiger charge is 2.25. The Balaban J connectivity index is 1.77. The number of nitrogens with zero attached hydrogens (tertiary/aromatic N) is 1. The van der Waals surface area contributed by atoms with Gasteiger partial charge in [0.1, 0.15) is 5.76 Å². The average molecular weight is 381 g/mol. The summed E-state index contributed by atoms with van der Waals surface area (Å²) in [6.45, 7) is 0.676. The van der Waals surface area contributed by atoms with Crippen LogP contribution in [0.1, 0.15) is 37.9 Å². The van der Waals surface area contributed by atoms with Crippen molar-refractivity contribution in [3.8, 4) is 0 Å². The van der Waals surface area contributed by atoms with E-state index >= 15 is 0 Å². The second-order valence-electron chi connectivity index (χ2n) is 6.44.